The van der Waals surface area contributed by atoms with Crippen LogP contribution in [0.25, 0.3) is 22.4 Å². The fourth-order valence-corrected chi connectivity index (χ4v) is 4.04. The maximum Gasteiger partial charge on any atom is 0.242 e. The Bertz CT molecular complexity index is 1400. The van der Waals surface area contributed by atoms with Gasteiger partial charge in [-0.2, -0.15) is 0 Å². The van der Waals surface area contributed by atoms with Gasteiger partial charge >= 0.3 is 0 Å². The first-order valence-corrected chi connectivity index (χ1v) is 11.3. The van der Waals surface area contributed by atoms with Gasteiger partial charge in [0.1, 0.15) is 5.82 Å². The van der Waals surface area contributed by atoms with Gasteiger partial charge in [-0.1, -0.05) is 0 Å². The number of aromatic nitrogens is 5. The Hall–Kier alpha value is -4.12. The monoisotopic (exact) mass is 476 g/mol. The summed E-state index contributed by atoms with van der Waals surface area (Å²) in [5.41, 5.74) is 3.45. The van der Waals surface area contributed by atoms with E-state index in [1.807, 2.05) is 10.6 Å². The van der Waals surface area contributed by atoms with Gasteiger partial charge in [0, 0.05) is 31.0 Å². The SMILES string of the molecule is COc1nc(-c2ccnc(Nc3ccc(N4CCNCC4=O)c(F)c3)n2)cc2c1ncn2C(C)C. The predicted octanol–water partition coefficient (Wildman–Crippen LogP) is 3.30. The number of nitrogens with one attached hydrogen (secondary N) is 2. The quantitative estimate of drug-likeness (QED) is 0.436. The minimum Gasteiger partial charge on any atom is -0.479 e. The first-order valence-electron chi connectivity index (χ1n) is 11.3. The van der Waals surface area contributed by atoms with Crippen LogP contribution in [0.3, 0.4) is 0 Å². The van der Waals surface area contributed by atoms with E-state index in [1.54, 1.807) is 37.8 Å². The molecule has 0 bridgehead atoms. The van der Waals surface area contributed by atoms with E-state index in [4.69, 9.17) is 4.74 Å². The summed E-state index contributed by atoms with van der Waals surface area (Å²) in [4.78, 5) is 31.4. The van der Waals surface area contributed by atoms with E-state index in [0.29, 0.717) is 41.6 Å². The number of ether oxygens (including phenoxy) is 1. The van der Waals surface area contributed by atoms with E-state index >= 15 is 0 Å². The number of carbonyl (C=O) groups excluding carboxylic acids is 1. The number of imidazole rings is 1. The van der Waals surface area contributed by atoms with Crippen LogP contribution in [0.5, 0.6) is 5.88 Å². The Balaban J connectivity index is 1.44. The number of carbonyl (C=O) groups is 1. The number of halogens is 1. The fourth-order valence-electron chi connectivity index (χ4n) is 4.04. The zero-order valence-electron chi connectivity index (χ0n) is 19.6. The molecule has 1 amide bonds. The van der Waals surface area contributed by atoms with Crippen molar-refractivity contribution in [2.24, 2.45) is 0 Å². The van der Waals surface area contributed by atoms with Gasteiger partial charge in [0.25, 0.3) is 0 Å². The molecule has 1 aliphatic rings. The van der Waals surface area contributed by atoms with E-state index in [1.165, 1.54) is 11.0 Å². The molecule has 4 aromatic rings. The van der Waals surface area contributed by atoms with E-state index in [-0.39, 0.29) is 30.1 Å². The fraction of sp³-hybridized carbons (Fsp3) is 0.292. The lowest BCUT2D eigenvalue weighted by Crippen LogP contribution is -2.48. The van der Waals surface area contributed by atoms with Gasteiger partial charge < -0.3 is 24.8 Å². The van der Waals surface area contributed by atoms with Crippen molar-refractivity contribution >= 4 is 34.3 Å². The van der Waals surface area contributed by atoms with Crippen LogP contribution in [0.2, 0.25) is 0 Å². The smallest absolute Gasteiger partial charge is 0.242 e. The lowest BCUT2D eigenvalue weighted by atomic mass is 10.2. The predicted molar refractivity (Wildman–Crippen MR) is 130 cm³/mol. The highest BCUT2D eigenvalue weighted by Crippen LogP contribution is 2.30. The van der Waals surface area contributed by atoms with Gasteiger partial charge in [-0.3, -0.25) is 4.79 Å². The summed E-state index contributed by atoms with van der Waals surface area (Å²) in [6.07, 6.45) is 3.37. The third-order valence-corrected chi connectivity index (χ3v) is 5.78. The molecule has 180 valence electrons. The average molecular weight is 477 g/mol. The molecule has 0 saturated carbocycles. The number of hydrogen-bond acceptors (Lipinski definition) is 8. The molecule has 1 saturated heterocycles. The summed E-state index contributed by atoms with van der Waals surface area (Å²) in [7, 11) is 1.55. The minimum absolute atomic E-state index is 0.161. The van der Waals surface area contributed by atoms with Gasteiger partial charge in [0.15, 0.2) is 5.52 Å². The summed E-state index contributed by atoms with van der Waals surface area (Å²) in [5, 5.41) is 6.01. The molecule has 3 aromatic heterocycles. The molecule has 5 rings (SSSR count). The van der Waals surface area contributed by atoms with Crippen LogP contribution in [0.15, 0.2) is 42.9 Å². The number of benzene rings is 1. The molecule has 0 spiro atoms. The maximum atomic E-state index is 14.8. The van der Waals surface area contributed by atoms with Gasteiger partial charge in [-0.15, -0.1) is 0 Å². The van der Waals surface area contributed by atoms with E-state index < -0.39 is 5.82 Å². The Morgan fingerprint density at radius 2 is 2.00 bits per heavy atom. The molecule has 0 atom stereocenters. The molecule has 35 heavy (non-hydrogen) atoms. The first-order chi connectivity index (χ1) is 16.9. The first kappa shape index (κ1) is 22.7. The third kappa shape index (κ3) is 4.37. The second kappa shape index (κ2) is 9.26. The molecule has 0 aliphatic carbocycles. The second-order valence-electron chi connectivity index (χ2n) is 8.41. The molecular formula is C24H25FN8O2. The van der Waals surface area contributed by atoms with Crippen molar-refractivity contribution in [3.8, 4) is 17.3 Å². The van der Waals surface area contributed by atoms with Crippen molar-refractivity contribution in [3.05, 3.63) is 48.7 Å². The number of piperazine rings is 1. The molecule has 11 heteroatoms. The largest absolute Gasteiger partial charge is 0.479 e. The van der Waals surface area contributed by atoms with Crippen LogP contribution in [0.1, 0.15) is 19.9 Å². The molecular weight excluding hydrogens is 451 g/mol. The number of nitrogens with zero attached hydrogens (tertiary/aromatic N) is 6. The van der Waals surface area contributed by atoms with Crippen LogP contribution < -0.4 is 20.3 Å². The normalized spacial score (nSPS) is 14.1. The highest BCUT2D eigenvalue weighted by atomic mass is 19.1. The molecule has 10 nitrogen and oxygen atoms in total. The van der Waals surface area contributed by atoms with Crippen LogP contribution >= 0.6 is 0 Å². The van der Waals surface area contributed by atoms with Crippen molar-refractivity contribution in [1.29, 1.82) is 0 Å². The topological polar surface area (TPSA) is 110 Å². The van der Waals surface area contributed by atoms with Crippen LogP contribution in [-0.4, -0.2) is 57.2 Å². The lowest BCUT2D eigenvalue weighted by molar-refractivity contribution is -0.118. The summed E-state index contributed by atoms with van der Waals surface area (Å²) in [6, 6.07) is 8.47. The number of rotatable bonds is 6. The summed E-state index contributed by atoms with van der Waals surface area (Å²) < 4.78 is 22.3. The lowest BCUT2D eigenvalue weighted by Gasteiger charge is -2.27. The Morgan fingerprint density at radius 3 is 2.74 bits per heavy atom. The molecule has 1 aliphatic heterocycles. The number of methoxy groups -OCH3 is 1. The number of anilines is 3. The van der Waals surface area contributed by atoms with Crippen molar-refractivity contribution in [2.45, 2.75) is 19.9 Å². The Kier molecular flexibility index (Phi) is 6.00. The highest BCUT2D eigenvalue weighted by molar-refractivity contribution is 5.95. The summed E-state index contributed by atoms with van der Waals surface area (Å²) in [5.74, 6) is 0.0297. The van der Waals surface area contributed by atoms with E-state index in [9.17, 15) is 9.18 Å². The number of fused-ring (bicyclic) bond motifs is 1. The number of amides is 1. The molecule has 4 heterocycles. The van der Waals surface area contributed by atoms with Gasteiger partial charge in [0.2, 0.25) is 17.7 Å². The van der Waals surface area contributed by atoms with Crippen molar-refractivity contribution in [1.82, 2.24) is 29.8 Å². The van der Waals surface area contributed by atoms with Crippen LogP contribution in [-0.2, 0) is 4.79 Å². The molecule has 2 N–H and O–H groups in total. The highest BCUT2D eigenvalue weighted by Gasteiger charge is 2.22. The zero-order valence-corrected chi connectivity index (χ0v) is 19.6. The zero-order chi connectivity index (χ0) is 24.5. The van der Waals surface area contributed by atoms with Crippen LogP contribution in [0.4, 0.5) is 21.7 Å². The second-order valence-corrected chi connectivity index (χ2v) is 8.41. The Labute approximate surface area is 201 Å². The Morgan fingerprint density at radius 1 is 1.14 bits per heavy atom. The third-order valence-electron chi connectivity index (χ3n) is 5.78. The minimum atomic E-state index is -0.500. The van der Waals surface area contributed by atoms with Gasteiger partial charge in [-0.25, -0.2) is 24.3 Å². The van der Waals surface area contributed by atoms with Crippen molar-refractivity contribution in [2.75, 3.05) is 37.0 Å². The maximum absolute atomic E-state index is 14.8. The van der Waals surface area contributed by atoms with Crippen molar-refractivity contribution in [3.63, 3.8) is 0 Å². The average Bonchev–Trinajstić information content (AvgIpc) is 3.29. The molecule has 1 fully saturated rings. The summed E-state index contributed by atoms with van der Waals surface area (Å²) in [6.45, 7) is 5.38. The molecule has 0 unspecified atom stereocenters. The van der Waals surface area contributed by atoms with E-state index in [2.05, 4.69) is 44.4 Å². The number of pyridine rings is 1. The van der Waals surface area contributed by atoms with Crippen LogP contribution in [0, 0.1) is 5.82 Å². The van der Waals surface area contributed by atoms with Gasteiger partial charge in [-0.05, 0) is 44.2 Å². The summed E-state index contributed by atoms with van der Waals surface area (Å²) >= 11 is 0. The van der Waals surface area contributed by atoms with Gasteiger partial charge in [0.05, 0.1) is 42.6 Å². The van der Waals surface area contributed by atoms with E-state index in [0.717, 1.165) is 5.52 Å². The molecule has 1 aromatic carbocycles. The van der Waals surface area contributed by atoms with Crippen molar-refractivity contribution < 1.29 is 13.9 Å². The molecule has 0 radical (unpaired) electrons. The standard InChI is InChI=1S/C24H25FN8O2/c1-14(2)33-13-28-22-20(33)11-18(30-23(22)35-3)17-6-7-27-24(31-17)29-15-4-5-19(16(25)10-15)32-9-8-26-12-21(32)34/h4-7,10-11,13-14,26H,8-9,12H2,1-3H3,(H,27,29,31). The number of hydrogen-bond donors (Lipinski definition) is 2.